The predicted molar refractivity (Wildman–Crippen MR) is 78.0 cm³/mol. The van der Waals surface area contributed by atoms with Gasteiger partial charge in [0.25, 0.3) is 11.7 Å². The van der Waals surface area contributed by atoms with Crippen LogP contribution in [0.3, 0.4) is 0 Å². The normalized spacial score (nSPS) is 14.1. The number of nitrogens with zero attached hydrogens (tertiary/aromatic N) is 5. The number of ether oxygens (including phenoxy) is 2. The number of amides is 2. The lowest BCUT2D eigenvalue weighted by atomic mass is 10.1. The lowest BCUT2D eigenvalue weighted by molar-refractivity contribution is -0.150. The van der Waals surface area contributed by atoms with Gasteiger partial charge < -0.3 is 9.47 Å². The molecule has 1 aliphatic heterocycles. The molecule has 1 saturated heterocycles. The standard InChI is InChI=1S/C14H15N5O5/c1-8-10(9(2)19-13(17-8)15-7-16-19)5-12(21)24-6-11(20)18-3-4-23-14(18)22/h7H,3-6H2,1-2H3. The fourth-order valence-electron chi connectivity index (χ4n) is 2.45. The number of esters is 1. The van der Waals surface area contributed by atoms with Gasteiger partial charge in [-0.3, -0.25) is 9.59 Å². The lowest BCUT2D eigenvalue weighted by Crippen LogP contribution is -2.35. The second-order valence-electron chi connectivity index (χ2n) is 5.23. The number of carbonyl (C=O) groups excluding carboxylic acids is 3. The first-order valence-electron chi connectivity index (χ1n) is 7.26. The molecule has 24 heavy (non-hydrogen) atoms. The number of hydrogen-bond acceptors (Lipinski definition) is 8. The van der Waals surface area contributed by atoms with E-state index >= 15 is 0 Å². The average Bonchev–Trinajstić information content (AvgIpc) is 3.17. The second kappa shape index (κ2) is 6.22. The van der Waals surface area contributed by atoms with Gasteiger partial charge in [-0.2, -0.15) is 10.1 Å². The molecule has 0 saturated carbocycles. The Morgan fingerprint density at radius 2 is 2.17 bits per heavy atom. The Hall–Kier alpha value is -3.04. The molecule has 10 nitrogen and oxygen atoms in total. The molecule has 0 unspecified atom stereocenters. The van der Waals surface area contributed by atoms with Crippen molar-refractivity contribution in [2.24, 2.45) is 0 Å². The number of cyclic esters (lactones) is 1. The number of rotatable bonds is 4. The van der Waals surface area contributed by atoms with Gasteiger partial charge in [-0.15, -0.1) is 0 Å². The molecule has 2 amide bonds. The Morgan fingerprint density at radius 1 is 1.38 bits per heavy atom. The smallest absolute Gasteiger partial charge is 0.416 e. The summed E-state index contributed by atoms with van der Waals surface area (Å²) in [4.78, 5) is 44.2. The van der Waals surface area contributed by atoms with Crippen molar-refractivity contribution in [2.75, 3.05) is 19.8 Å². The van der Waals surface area contributed by atoms with E-state index in [1.165, 1.54) is 10.8 Å². The zero-order valence-electron chi connectivity index (χ0n) is 13.2. The van der Waals surface area contributed by atoms with Crippen LogP contribution in [0.4, 0.5) is 4.79 Å². The van der Waals surface area contributed by atoms with Gasteiger partial charge in [0, 0.05) is 17.0 Å². The molecule has 3 rings (SSSR count). The van der Waals surface area contributed by atoms with Crippen molar-refractivity contribution < 1.29 is 23.9 Å². The van der Waals surface area contributed by atoms with Crippen LogP contribution >= 0.6 is 0 Å². The summed E-state index contributed by atoms with van der Waals surface area (Å²) in [6.45, 7) is 3.37. The Balaban J connectivity index is 1.65. The minimum absolute atomic E-state index is 0.0573. The van der Waals surface area contributed by atoms with Crippen LogP contribution in [0, 0.1) is 13.8 Å². The fraction of sp³-hybridized carbons (Fsp3) is 0.429. The van der Waals surface area contributed by atoms with Crippen LogP contribution in [-0.2, 0) is 25.5 Å². The first-order chi connectivity index (χ1) is 11.5. The third kappa shape index (κ3) is 2.90. The van der Waals surface area contributed by atoms with E-state index in [0.717, 1.165) is 10.6 Å². The van der Waals surface area contributed by atoms with Crippen molar-refractivity contribution in [3.05, 3.63) is 23.3 Å². The third-order valence-electron chi connectivity index (χ3n) is 3.73. The third-order valence-corrected chi connectivity index (χ3v) is 3.73. The highest BCUT2D eigenvalue weighted by Crippen LogP contribution is 2.14. The van der Waals surface area contributed by atoms with Crippen molar-refractivity contribution in [3.8, 4) is 0 Å². The van der Waals surface area contributed by atoms with E-state index in [1.807, 2.05) is 0 Å². The van der Waals surface area contributed by atoms with Crippen LogP contribution in [-0.4, -0.2) is 62.2 Å². The van der Waals surface area contributed by atoms with E-state index in [2.05, 4.69) is 19.8 Å². The van der Waals surface area contributed by atoms with Gasteiger partial charge in [0.15, 0.2) is 6.61 Å². The summed E-state index contributed by atoms with van der Waals surface area (Å²) < 4.78 is 11.1. The van der Waals surface area contributed by atoms with Gasteiger partial charge >= 0.3 is 12.1 Å². The highest BCUT2D eigenvalue weighted by atomic mass is 16.6. The molecule has 0 bridgehead atoms. The van der Waals surface area contributed by atoms with Crippen LogP contribution in [0.15, 0.2) is 6.33 Å². The maximum Gasteiger partial charge on any atom is 0.416 e. The molecule has 0 atom stereocenters. The molecule has 0 aliphatic carbocycles. The van der Waals surface area contributed by atoms with Crippen molar-refractivity contribution in [2.45, 2.75) is 20.3 Å². The molecule has 1 fully saturated rings. The van der Waals surface area contributed by atoms with E-state index < -0.39 is 24.6 Å². The van der Waals surface area contributed by atoms with Crippen molar-refractivity contribution in [1.82, 2.24) is 24.5 Å². The highest BCUT2D eigenvalue weighted by molar-refractivity contribution is 5.94. The van der Waals surface area contributed by atoms with Crippen LogP contribution < -0.4 is 0 Å². The molecule has 126 valence electrons. The maximum absolute atomic E-state index is 12.0. The summed E-state index contributed by atoms with van der Waals surface area (Å²) in [6, 6.07) is 0. The number of hydrogen-bond donors (Lipinski definition) is 0. The quantitative estimate of drug-likeness (QED) is 0.707. The van der Waals surface area contributed by atoms with Gasteiger partial charge in [-0.05, 0) is 13.8 Å². The van der Waals surface area contributed by atoms with Crippen LogP contribution in [0.25, 0.3) is 5.78 Å². The van der Waals surface area contributed by atoms with Gasteiger partial charge in [0.2, 0.25) is 0 Å². The largest absolute Gasteiger partial charge is 0.455 e. The summed E-state index contributed by atoms with van der Waals surface area (Å²) in [6.07, 6.45) is 0.603. The van der Waals surface area contributed by atoms with Crippen LogP contribution in [0.2, 0.25) is 0 Å². The van der Waals surface area contributed by atoms with E-state index in [1.54, 1.807) is 13.8 Å². The van der Waals surface area contributed by atoms with Crippen LogP contribution in [0.1, 0.15) is 17.0 Å². The number of aromatic nitrogens is 4. The Labute approximate surface area is 136 Å². The van der Waals surface area contributed by atoms with Crippen molar-refractivity contribution >= 4 is 23.7 Å². The fourth-order valence-corrected chi connectivity index (χ4v) is 2.45. The second-order valence-corrected chi connectivity index (χ2v) is 5.23. The number of fused-ring (bicyclic) bond motifs is 1. The van der Waals surface area contributed by atoms with Crippen LogP contribution in [0.5, 0.6) is 0 Å². The van der Waals surface area contributed by atoms with Gasteiger partial charge in [0.05, 0.1) is 13.0 Å². The summed E-state index contributed by atoms with van der Waals surface area (Å²) in [5.74, 6) is -0.752. The monoisotopic (exact) mass is 333 g/mol. The van der Waals surface area contributed by atoms with E-state index in [9.17, 15) is 14.4 Å². The molecular weight excluding hydrogens is 318 g/mol. The molecule has 2 aromatic heterocycles. The number of imide groups is 1. The first kappa shape index (κ1) is 15.8. The molecule has 10 heteroatoms. The average molecular weight is 333 g/mol. The molecule has 0 radical (unpaired) electrons. The number of aryl methyl sites for hydroxylation is 2. The molecule has 0 aromatic carbocycles. The van der Waals surface area contributed by atoms with E-state index in [4.69, 9.17) is 4.74 Å². The molecule has 2 aromatic rings. The van der Waals surface area contributed by atoms with Gasteiger partial charge in [-0.1, -0.05) is 0 Å². The summed E-state index contributed by atoms with van der Waals surface area (Å²) in [5, 5.41) is 4.04. The Bertz CT molecular complexity index is 830. The minimum Gasteiger partial charge on any atom is -0.455 e. The summed E-state index contributed by atoms with van der Waals surface area (Å²) in [5.41, 5.74) is 2.02. The zero-order valence-corrected chi connectivity index (χ0v) is 13.2. The Kier molecular flexibility index (Phi) is 4.11. The maximum atomic E-state index is 12.0. The molecule has 0 spiro atoms. The predicted octanol–water partition coefficient (Wildman–Crippen LogP) is -0.194. The SMILES string of the molecule is Cc1nc2ncnn2c(C)c1CC(=O)OCC(=O)N1CCOC1=O. The molecular formula is C14H15N5O5. The topological polar surface area (TPSA) is 116 Å². The highest BCUT2D eigenvalue weighted by Gasteiger charge is 2.29. The number of carbonyl (C=O) groups is 3. The molecule has 0 N–H and O–H groups in total. The minimum atomic E-state index is -0.719. The Morgan fingerprint density at radius 3 is 2.88 bits per heavy atom. The van der Waals surface area contributed by atoms with Gasteiger partial charge in [0.1, 0.15) is 12.9 Å². The zero-order chi connectivity index (χ0) is 17.3. The van der Waals surface area contributed by atoms with Gasteiger partial charge in [-0.25, -0.2) is 19.2 Å². The summed E-state index contributed by atoms with van der Waals surface area (Å²) in [7, 11) is 0. The lowest BCUT2D eigenvalue weighted by Gasteiger charge is -2.12. The molecule has 1 aliphatic rings. The summed E-state index contributed by atoms with van der Waals surface area (Å²) >= 11 is 0. The van der Waals surface area contributed by atoms with E-state index in [-0.39, 0.29) is 19.6 Å². The molecule has 3 heterocycles. The first-order valence-corrected chi connectivity index (χ1v) is 7.26. The van der Waals surface area contributed by atoms with E-state index in [0.29, 0.717) is 17.0 Å². The van der Waals surface area contributed by atoms with Crippen molar-refractivity contribution in [1.29, 1.82) is 0 Å². The van der Waals surface area contributed by atoms with Crippen molar-refractivity contribution in [3.63, 3.8) is 0 Å².